The van der Waals surface area contributed by atoms with E-state index >= 15 is 0 Å². The minimum Gasteiger partial charge on any atom is -0.282 e. The van der Waals surface area contributed by atoms with Crippen molar-refractivity contribution in [3.8, 4) is 10.6 Å². The second-order valence-electron chi connectivity index (χ2n) is 4.67. The summed E-state index contributed by atoms with van der Waals surface area (Å²) in [5, 5.41) is 7.52. The lowest BCUT2D eigenvalue weighted by Gasteiger charge is -2.05. The first-order valence-electron chi connectivity index (χ1n) is 6.35. The van der Waals surface area contributed by atoms with Crippen molar-refractivity contribution in [3.05, 3.63) is 53.2 Å². The third kappa shape index (κ3) is 3.16. The molecule has 0 aliphatic rings. The summed E-state index contributed by atoms with van der Waals surface area (Å²) in [6.45, 7) is 1.89. The van der Waals surface area contributed by atoms with Gasteiger partial charge in [-0.2, -0.15) is 5.10 Å². The standard InChI is InChI=1S/C14H12ClN3O2S2/c1-9-8-12(17-16-9)13-6-7-14(21-13)22(19,20)18-11-4-2-10(15)3-5-11/h2-8,18H,1H3,(H,16,17). The average Bonchev–Trinajstić information content (AvgIpc) is 3.10. The molecule has 0 fully saturated rings. The first-order chi connectivity index (χ1) is 10.4. The van der Waals surface area contributed by atoms with Crippen LogP contribution in [0.4, 0.5) is 5.69 Å². The number of hydrogen-bond donors (Lipinski definition) is 2. The van der Waals surface area contributed by atoms with Crippen molar-refractivity contribution in [2.45, 2.75) is 11.1 Å². The summed E-state index contributed by atoms with van der Waals surface area (Å²) in [7, 11) is -3.62. The molecule has 0 saturated heterocycles. The molecule has 2 N–H and O–H groups in total. The summed E-state index contributed by atoms with van der Waals surface area (Å²) >= 11 is 6.96. The van der Waals surface area contributed by atoms with Gasteiger partial charge in [-0.15, -0.1) is 11.3 Å². The number of rotatable bonds is 4. The molecule has 2 heterocycles. The maximum Gasteiger partial charge on any atom is 0.271 e. The van der Waals surface area contributed by atoms with E-state index in [2.05, 4.69) is 14.9 Å². The Morgan fingerprint density at radius 3 is 2.55 bits per heavy atom. The van der Waals surface area contributed by atoms with Gasteiger partial charge in [-0.05, 0) is 49.4 Å². The number of aromatic nitrogens is 2. The van der Waals surface area contributed by atoms with Gasteiger partial charge in [0.2, 0.25) is 0 Å². The van der Waals surface area contributed by atoms with Crippen LogP contribution in [0.3, 0.4) is 0 Å². The molecule has 0 unspecified atom stereocenters. The fourth-order valence-electron chi connectivity index (χ4n) is 1.87. The molecule has 0 saturated carbocycles. The summed E-state index contributed by atoms with van der Waals surface area (Å²) in [5.74, 6) is 0. The van der Waals surface area contributed by atoms with Gasteiger partial charge in [0.25, 0.3) is 10.0 Å². The summed E-state index contributed by atoms with van der Waals surface area (Å²) < 4.78 is 27.5. The third-order valence-electron chi connectivity index (χ3n) is 2.90. The number of thiophene rings is 1. The average molecular weight is 354 g/mol. The Morgan fingerprint density at radius 1 is 1.18 bits per heavy atom. The lowest BCUT2D eigenvalue weighted by Crippen LogP contribution is -2.11. The number of benzene rings is 1. The molecule has 8 heteroatoms. The second-order valence-corrected chi connectivity index (χ2v) is 8.10. The van der Waals surface area contributed by atoms with E-state index in [1.807, 2.05) is 13.0 Å². The minimum absolute atomic E-state index is 0.234. The molecule has 3 aromatic rings. The number of H-pyrrole nitrogens is 1. The van der Waals surface area contributed by atoms with Crippen LogP contribution in [0.15, 0.2) is 46.7 Å². The Hall–Kier alpha value is -1.83. The Balaban J connectivity index is 1.86. The summed E-state index contributed by atoms with van der Waals surface area (Å²) in [4.78, 5) is 0.792. The van der Waals surface area contributed by atoms with Crippen molar-refractivity contribution in [2.75, 3.05) is 4.72 Å². The van der Waals surface area contributed by atoms with Crippen molar-refractivity contribution in [1.82, 2.24) is 10.2 Å². The molecular formula is C14H12ClN3O2S2. The maximum atomic E-state index is 12.4. The first kappa shape index (κ1) is 15.1. The fourth-order valence-corrected chi connectivity index (χ4v) is 4.32. The van der Waals surface area contributed by atoms with Crippen molar-refractivity contribution in [3.63, 3.8) is 0 Å². The normalized spacial score (nSPS) is 11.5. The smallest absolute Gasteiger partial charge is 0.271 e. The van der Waals surface area contributed by atoms with Crippen LogP contribution in [-0.2, 0) is 10.0 Å². The molecule has 0 aliphatic carbocycles. The Bertz CT molecular complexity index is 898. The van der Waals surface area contributed by atoms with Gasteiger partial charge >= 0.3 is 0 Å². The molecule has 22 heavy (non-hydrogen) atoms. The van der Waals surface area contributed by atoms with Crippen LogP contribution >= 0.6 is 22.9 Å². The molecule has 2 aromatic heterocycles. The Labute approximate surface area is 137 Å². The van der Waals surface area contributed by atoms with E-state index in [0.717, 1.165) is 16.3 Å². The number of hydrogen-bond acceptors (Lipinski definition) is 4. The number of halogens is 1. The highest BCUT2D eigenvalue weighted by atomic mass is 35.5. The van der Waals surface area contributed by atoms with Gasteiger partial charge < -0.3 is 0 Å². The van der Waals surface area contributed by atoms with E-state index in [4.69, 9.17) is 11.6 Å². The van der Waals surface area contributed by atoms with Gasteiger partial charge in [0, 0.05) is 16.4 Å². The predicted octanol–water partition coefficient (Wildman–Crippen LogP) is 3.90. The molecule has 3 rings (SSSR count). The monoisotopic (exact) mass is 353 g/mol. The quantitative estimate of drug-likeness (QED) is 0.746. The van der Waals surface area contributed by atoms with Crippen LogP contribution < -0.4 is 4.72 Å². The van der Waals surface area contributed by atoms with E-state index in [9.17, 15) is 8.42 Å². The summed E-state index contributed by atoms with van der Waals surface area (Å²) in [6, 6.07) is 11.7. The Morgan fingerprint density at radius 2 is 1.91 bits per heavy atom. The third-order valence-corrected chi connectivity index (χ3v) is 6.13. The molecule has 1 aromatic carbocycles. The lowest BCUT2D eigenvalue weighted by atomic mass is 10.3. The zero-order valence-corrected chi connectivity index (χ0v) is 13.9. The Kier molecular flexibility index (Phi) is 3.94. The highest BCUT2D eigenvalue weighted by Gasteiger charge is 2.18. The van der Waals surface area contributed by atoms with Crippen molar-refractivity contribution >= 4 is 38.6 Å². The first-order valence-corrected chi connectivity index (χ1v) is 9.02. The van der Waals surface area contributed by atoms with Crippen LogP contribution in [0.2, 0.25) is 5.02 Å². The largest absolute Gasteiger partial charge is 0.282 e. The summed E-state index contributed by atoms with van der Waals surface area (Å²) in [6.07, 6.45) is 0. The van der Waals surface area contributed by atoms with E-state index in [1.165, 1.54) is 11.3 Å². The number of anilines is 1. The van der Waals surface area contributed by atoms with E-state index in [0.29, 0.717) is 10.7 Å². The van der Waals surface area contributed by atoms with Crippen molar-refractivity contribution < 1.29 is 8.42 Å². The van der Waals surface area contributed by atoms with Gasteiger partial charge in [0.05, 0.1) is 4.88 Å². The second kappa shape index (κ2) is 5.75. The topological polar surface area (TPSA) is 74.8 Å². The molecular weight excluding hydrogens is 342 g/mol. The summed E-state index contributed by atoms with van der Waals surface area (Å²) in [5.41, 5.74) is 2.12. The van der Waals surface area contributed by atoms with E-state index in [1.54, 1.807) is 36.4 Å². The van der Waals surface area contributed by atoms with Gasteiger partial charge in [-0.25, -0.2) is 8.42 Å². The van der Waals surface area contributed by atoms with Crippen LogP contribution in [0.5, 0.6) is 0 Å². The maximum absolute atomic E-state index is 12.4. The van der Waals surface area contributed by atoms with Crippen LogP contribution in [-0.4, -0.2) is 18.6 Å². The number of sulfonamides is 1. The zero-order chi connectivity index (χ0) is 15.7. The molecule has 0 aliphatic heterocycles. The van der Waals surface area contributed by atoms with Crippen molar-refractivity contribution in [2.24, 2.45) is 0 Å². The lowest BCUT2D eigenvalue weighted by molar-refractivity contribution is 0.603. The SMILES string of the molecule is Cc1cc(-c2ccc(S(=O)(=O)Nc3ccc(Cl)cc3)s2)n[nH]1. The van der Waals surface area contributed by atoms with Crippen molar-refractivity contribution in [1.29, 1.82) is 0 Å². The predicted molar refractivity (Wildman–Crippen MR) is 88.9 cm³/mol. The molecule has 114 valence electrons. The molecule has 0 amide bonds. The number of aromatic amines is 1. The van der Waals surface area contributed by atoms with Gasteiger partial charge in [-0.1, -0.05) is 11.6 Å². The number of nitrogens with one attached hydrogen (secondary N) is 2. The number of aryl methyl sites for hydroxylation is 1. The fraction of sp³-hybridized carbons (Fsp3) is 0.0714. The van der Waals surface area contributed by atoms with Crippen LogP contribution in [0.1, 0.15) is 5.69 Å². The molecule has 5 nitrogen and oxygen atoms in total. The highest BCUT2D eigenvalue weighted by molar-refractivity contribution is 7.94. The number of nitrogens with zero attached hydrogens (tertiary/aromatic N) is 1. The molecule has 0 spiro atoms. The molecule has 0 atom stereocenters. The van der Waals surface area contributed by atoms with Crippen LogP contribution in [0, 0.1) is 6.92 Å². The van der Waals surface area contributed by atoms with Gasteiger partial charge in [0.15, 0.2) is 0 Å². The van der Waals surface area contributed by atoms with Crippen LogP contribution in [0.25, 0.3) is 10.6 Å². The van der Waals surface area contributed by atoms with E-state index < -0.39 is 10.0 Å². The van der Waals surface area contributed by atoms with Gasteiger partial charge in [-0.3, -0.25) is 9.82 Å². The zero-order valence-electron chi connectivity index (χ0n) is 11.5. The minimum atomic E-state index is -3.62. The van der Waals surface area contributed by atoms with E-state index in [-0.39, 0.29) is 4.21 Å². The molecule has 0 bridgehead atoms. The molecule has 0 radical (unpaired) electrons. The van der Waals surface area contributed by atoms with Gasteiger partial charge in [0.1, 0.15) is 9.90 Å². The highest BCUT2D eigenvalue weighted by Crippen LogP contribution is 2.31.